The number of ether oxygens (including phenoxy) is 1. The number of rotatable bonds is 5. The molecule has 0 saturated heterocycles. The van der Waals surface area contributed by atoms with Crippen LogP contribution in [0.15, 0.2) is 23.3 Å². The first kappa shape index (κ1) is 11.8. The van der Waals surface area contributed by atoms with Crippen LogP contribution >= 0.6 is 0 Å². The first-order valence-corrected chi connectivity index (χ1v) is 5.72. The molecule has 1 heterocycles. The Kier molecular flexibility index (Phi) is 3.85. The van der Waals surface area contributed by atoms with Gasteiger partial charge in [0.1, 0.15) is 0 Å². The largest absolute Gasteiger partial charge is 0.380 e. The molecule has 0 atom stereocenters. The lowest BCUT2D eigenvalue weighted by Crippen LogP contribution is -2.23. The van der Waals surface area contributed by atoms with Crippen LogP contribution in [0.1, 0.15) is 11.1 Å². The number of methoxy groups -OCH3 is 1. The molecule has 5 nitrogen and oxygen atoms in total. The Hall–Kier alpha value is -1.71. The fraction of sp³-hybridized carbons (Fsp3) is 0.500. The van der Waals surface area contributed by atoms with Crippen LogP contribution < -0.4 is 4.90 Å². The maximum atomic E-state index is 8.27. The van der Waals surface area contributed by atoms with Crippen molar-refractivity contribution < 1.29 is 4.74 Å². The minimum absolute atomic E-state index is 0.518. The molecule has 1 aliphatic heterocycles. The van der Waals surface area contributed by atoms with Gasteiger partial charge in [-0.1, -0.05) is 17.2 Å². The van der Waals surface area contributed by atoms with E-state index in [0.717, 1.165) is 19.5 Å². The molecule has 0 aliphatic carbocycles. The van der Waals surface area contributed by atoms with Crippen molar-refractivity contribution in [3.8, 4) is 0 Å². The second-order valence-electron chi connectivity index (χ2n) is 4.04. The molecule has 5 heteroatoms. The van der Waals surface area contributed by atoms with E-state index in [1.54, 1.807) is 7.11 Å². The van der Waals surface area contributed by atoms with E-state index in [1.165, 1.54) is 16.8 Å². The summed E-state index contributed by atoms with van der Waals surface area (Å²) in [6.07, 6.45) is 1.05. The van der Waals surface area contributed by atoms with E-state index in [9.17, 15) is 0 Å². The van der Waals surface area contributed by atoms with E-state index in [2.05, 4.69) is 33.1 Å². The van der Waals surface area contributed by atoms with Crippen molar-refractivity contribution >= 4 is 5.69 Å². The summed E-state index contributed by atoms with van der Waals surface area (Å²) in [5, 5.41) is 3.58. The van der Waals surface area contributed by atoms with Crippen LogP contribution in [-0.2, 0) is 17.8 Å². The SMILES string of the molecule is COCc1cccc2c1CCN2CCN=[N+]=[N-]. The van der Waals surface area contributed by atoms with Crippen molar-refractivity contribution in [2.45, 2.75) is 13.0 Å². The molecule has 17 heavy (non-hydrogen) atoms. The molecule has 2 rings (SSSR count). The molecule has 0 spiro atoms. The zero-order chi connectivity index (χ0) is 12.1. The Morgan fingerprint density at radius 2 is 2.41 bits per heavy atom. The van der Waals surface area contributed by atoms with Crippen LogP contribution in [0.2, 0.25) is 0 Å². The van der Waals surface area contributed by atoms with Crippen molar-refractivity contribution in [1.82, 2.24) is 0 Å². The monoisotopic (exact) mass is 232 g/mol. The van der Waals surface area contributed by atoms with Crippen molar-refractivity contribution in [2.75, 3.05) is 31.6 Å². The Morgan fingerprint density at radius 1 is 1.53 bits per heavy atom. The predicted molar refractivity (Wildman–Crippen MR) is 67.1 cm³/mol. The summed E-state index contributed by atoms with van der Waals surface area (Å²) in [5.74, 6) is 0. The molecular weight excluding hydrogens is 216 g/mol. The number of hydrogen-bond donors (Lipinski definition) is 0. The summed E-state index contributed by atoms with van der Waals surface area (Å²) in [5.41, 5.74) is 12.2. The van der Waals surface area contributed by atoms with E-state index in [4.69, 9.17) is 10.3 Å². The summed E-state index contributed by atoms with van der Waals surface area (Å²) in [4.78, 5) is 5.04. The van der Waals surface area contributed by atoms with Gasteiger partial charge in [0, 0.05) is 37.3 Å². The average molecular weight is 232 g/mol. The quantitative estimate of drug-likeness (QED) is 0.445. The normalized spacial score (nSPS) is 13.4. The van der Waals surface area contributed by atoms with Crippen molar-refractivity contribution in [2.24, 2.45) is 5.11 Å². The molecule has 0 radical (unpaired) electrons. The Morgan fingerprint density at radius 3 is 3.18 bits per heavy atom. The Balaban J connectivity index is 2.14. The van der Waals surface area contributed by atoms with Gasteiger partial charge >= 0.3 is 0 Å². The molecule has 90 valence electrons. The zero-order valence-electron chi connectivity index (χ0n) is 9.96. The van der Waals surface area contributed by atoms with E-state index in [-0.39, 0.29) is 0 Å². The van der Waals surface area contributed by atoms with Gasteiger partial charge in [0.25, 0.3) is 0 Å². The van der Waals surface area contributed by atoms with E-state index >= 15 is 0 Å². The second-order valence-corrected chi connectivity index (χ2v) is 4.04. The van der Waals surface area contributed by atoms with Crippen molar-refractivity contribution in [3.63, 3.8) is 0 Å². The second kappa shape index (κ2) is 5.57. The first-order valence-electron chi connectivity index (χ1n) is 5.72. The maximum absolute atomic E-state index is 8.27. The fourth-order valence-electron chi connectivity index (χ4n) is 2.31. The highest BCUT2D eigenvalue weighted by atomic mass is 16.5. The number of anilines is 1. The highest BCUT2D eigenvalue weighted by Crippen LogP contribution is 2.30. The maximum Gasteiger partial charge on any atom is 0.0716 e. The zero-order valence-corrected chi connectivity index (χ0v) is 9.96. The standard InChI is InChI=1S/C12H16N4O/c1-17-9-10-3-2-4-12-11(10)5-7-16(12)8-6-14-15-13/h2-4H,5-9H2,1H3. The molecule has 0 bridgehead atoms. The molecule has 0 aromatic heterocycles. The van der Waals surface area contributed by atoms with Crippen LogP contribution in [0.4, 0.5) is 5.69 Å². The third-order valence-corrected chi connectivity index (χ3v) is 3.05. The van der Waals surface area contributed by atoms with Gasteiger partial charge in [0.2, 0.25) is 0 Å². The van der Waals surface area contributed by atoms with Gasteiger partial charge in [-0.15, -0.1) is 0 Å². The van der Waals surface area contributed by atoms with Crippen LogP contribution in [0.5, 0.6) is 0 Å². The van der Waals surface area contributed by atoms with Crippen LogP contribution in [0, 0.1) is 0 Å². The van der Waals surface area contributed by atoms with Gasteiger partial charge in [-0.05, 0) is 29.1 Å². The lowest BCUT2D eigenvalue weighted by molar-refractivity contribution is 0.184. The highest BCUT2D eigenvalue weighted by Gasteiger charge is 2.20. The number of nitrogens with zero attached hydrogens (tertiary/aromatic N) is 4. The molecule has 0 N–H and O–H groups in total. The molecule has 1 aliphatic rings. The third kappa shape index (κ3) is 2.52. The van der Waals surface area contributed by atoms with Crippen molar-refractivity contribution in [1.29, 1.82) is 0 Å². The minimum atomic E-state index is 0.518. The summed E-state index contributed by atoms with van der Waals surface area (Å²) in [6.45, 7) is 2.96. The summed E-state index contributed by atoms with van der Waals surface area (Å²) >= 11 is 0. The predicted octanol–water partition coefficient (Wildman–Crippen LogP) is 2.51. The average Bonchev–Trinajstić information content (AvgIpc) is 2.75. The first-order chi connectivity index (χ1) is 8.36. The number of benzene rings is 1. The van der Waals surface area contributed by atoms with E-state index in [0.29, 0.717) is 13.2 Å². The number of hydrogen-bond acceptors (Lipinski definition) is 3. The lowest BCUT2D eigenvalue weighted by Gasteiger charge is -2.18. The van der Waals surface area contributed by atoms with Gasteiger partial charge in [0.05, 0.1) is 6.61 Å². The molecule has 0 amide bonds. The molecule has 1 aromatic carbocycles. The highest BCUT2D eigenvalue weighted by molar-refractivity contribution is 5.60. The van der Waals surface area contributed by atoms with Crippen LogP contribution in [-0.4, -0.2) is 26.7 Å². The number of fused-ring (bicyclic) bond motifs is 1. The fourth-order valence-corrected chi connectivity index (χ4v) is 2.31. The summed E-state index contributed by atoms with van der Waals surface area (Å²) < 4.78 is 5.20. The molecule has 0 fully saturated rings. The van der Waals surface area contributed by atoms with E-state index in [1.807, 2.05) is 0 Å². The third-order valence-electron chi connectivity index (χ3n) is 3.05. The van der Waals surface area contributed by atoms with Gasteiger partial charge in [-0.3, -0.25) is 0 Å². The molecule has 0 saturated carbocycles. The number of azide groups is 1. The van der Waals surface area contributed by atoms with Gasteiger partial charge < -0.3 is 9.64 Å². The molecule has 0 unspecified atom stereocenters. The van der Waals surface area contributed by atoms with Crippen molar-refractivity contribution in [3.05, 3.63) is 39.8 Å². The topological polar surface area (TPSA) is 61.2 Å². The Bertz CT molecular complexity index is 440. The lowest BCUT2D eigenvalue weighted by atomic mass is 10.1. The molecule has 1 aromatic rings. The minimum Gasteiger partial charge on any atom is -0.380 e. The van der Waals surface area contributed by atoms with Gasteiger partial charge in [-0.2, -0.15) is 0 Å². The van der Waals surface area contributed by atoms with Crippen LogP contribution in [0.25, 0.3) is 10.4 Å². The van der Waals surface area contributed by atoms with Gasteiger partial charge in [0.15, 0.2) is 0 Å². The molecular formula is C12H16N4O. The van der Waals surface area contributed by atoms with Gasteiger partial charge in [-0.25, -0.2) is 0 Å². The summed E-state index contributed by atoms with van der Waals surface area (Å²) in [6, 6.07) is 6.29. The van der Waals surface area contributed by atoms with E-state index < -0.39 is 0 Å². The van der Waals surface area contributed by atoms with Crippen LogP contribution in [0.3, 0.4) is 0 Å². The smallest absolute Gasteiger partial charge is 0.0716 e. The Labute approximate surface area is 101 Å². The summed E-state index contributed by atoms with van der Waals surface area (Å²) in [7, 11) is 1.72.